The van der Waals surface area contributed by atoms with Gasteiger partial charge in [-0.3, -0.25) is 0 Å². The minimum Gasteiger partial charge on any atom is -0.314 e. The highest BCUT2D eigenvalue weighted by Crippen LogP contribution is 2.18. The van der Waals surface area contributed by atoms with Crippen molar-refractivity contribution in [2.24, 2.45) is 5.92 Å². The van der Waals surface area contributed by atoms with Crippen molar-refractivity contribution in [3.8, 4) is 0 Å². The number of nitrogens with one attached hydrogen (secondary N) is 2. The minimum absolute atomic E-state index is 0.645. The van der Waals surface area contributed by atoms with E-state index in [0.717, 1.165) is 18.0 Å². The monoisotopic (exact) mass is 267 g/mol. The van der Waals surface area contributed by atoms with Gasteiger partial charge in [-0.1, -0.05) is 19.8 Å². The van der Waals surface area contributed by atoms with Crippen molar-refractivity contribution in [1.82, 2.24) is 15.5 Å². The molecule has 0 radical (unpaired) electrons. The predicted octanol–water partition coefficient (Wildman–Crippen LogP) is 2.23. The molecule has 0 aromatic carbocycles. The first-order chi connectivity index (χ1) is 9.15. The lowest BCUT2D eigenvalue weighted by Crippen LogP contribution is -2.50. The van der Waals surface area contributed by atoms with Crippen LogP contribution in [0.25, 0.3) is 0 Å². The molecule has 0 aliphatic carbocycles. The number of piperidine rings is 1. The molecule has 4 unspecified atom stereocenters. The lowest BCUT2D eigenvalue weighted by atomic mass is 9.92. The summed E-state index contributed by atoms with van der Waals surface area (Å²) in [7, 11) is 2.24. The average molecular weight is 267 g/mol. The summed E-state index contributed by atoms with van der Waals surface area (Å²) in [4.78, 5) is 2.46. The first kappa shape index (κ1) is 15.3. The summed E-state index contributed by atoms with van der Waals surface area (Å²) in [5, 5.41) is 7.61. The molecule has 4 atom stereocenters. The predicted molar refractivity (Wildman–Crippen MR) is 82.5 cm³/mol. The van der Waals surface area contributed by atoms with Crippen molar-refractivity contribution in [3.63, 3.8) is 0 Å². The molecule has 0 aromatic rings. The normalized spacial score (nSPS) is 35.8. The summed E-state index contributed by atoms with van der Waals surface area (Å²) in [6.07, 6.45) is 8.16. The second-order valence-corrected chi connectivity index (χ2v) is 6.94. The van der Waals surface area contributed by atoms with E-state index in [1.54, 1.807) is 0 Å². The zero-order chi connectivity index (χ0) is 13.7. The van der Waals surface area contributed by atoms with Gasteiger partial charge < -0.3 is 15.5 Å². The van der Waals surface area contributed by atoms with Crippen molar-refractivity contribution in [3.05, 3.63) is 0 Å². The van der Waals surface area contributed by atoms with Crippen molar-refractivity contribution in [2.45, 2.75) is 70.5 Å². The average Bonchev–Trinajstić information content (AvgIpc) is 2.61. The first-order valence-electron chi connectivity index (χ1n) is 8.33. The van der Waals surface area contributed by atoms with Crippen molar-refractivity contribution in [1.29, 1.82) is 0 Å². The lowest BCUT2D eigenvalue weighted by molar-refractivity contribution is 0.164. The quantitative estimate of drug-likeness (QED) is 0.818. The molecular weight excluding hydrogens is 234 g/mol. The fraction of sp³-hybridized carbons (Fsp3) is 1.00. The van der Waals surface area contributed by atoms with Crippen LogP contribution in [0.3, 0.4) is 0 Å². The van der Waals surface area contributed by atoms with Crippen LogP contribution >= 0.6 is 0 Å². The Morgan fingerprint density at radius 2 is 2.11 bits per heavy atom. The van der Waals surface area contributed by atoms with Gasteiger partial charge in [-0.15, -0.1) is 0 Å². The van der Waals surface area contributed by atoms with E-state index < -0.39 is 0 Å². The maximum absolute atomic E-state index is 3.89. The van der Waals surface area contributed by atoms with Gasteiger partial charge >= 0.3 is 0 Å². The minimum atomic E-state index is 0.645. The molecule has 0 amide bonds. The van der Waals surface area contributed by atoms with Gasteiger partial charge in [0.1, 0.15) is 0 Å². The summed E-state index contributed by atoms with van der Waals surface area (Å²) >= 11 is 0. The maximum atomic E-state index is 3.89. The topological polar surface area (TPSA) is 27.3 Å². The second kappa shape index (κ2) is 7.61. The molecule has 2 rings (SSSR count). The molecule has 2 N–H and O–H groups in total. The zero-order valence-electron chi connectivity index (χ0n) is 13.1. The van der Waals surface area contributed by atoms with Crippen LogP contribution in [0.2, 0.25) is 0 Å². The zero-order valence-corrected chi connectivity index (χ0v) is 13.1. The third kappa shape index (κ3) is 5.05. The largest absolute Gasteiger partial charge is 0.314 e. The van der Waals surface area contributed by atoms with Crippen molar-refractivity contribution in [2.75, 3.05) is 26.7 Å². The molecule has 2 aliphatic heterocycles. The van der Waals surface area contributed by atoms with E-state index in [1.165, 1.54) is 58.2 Å². The van der Waals surface area contributed by atoms with Gasteiger partial charge in [0.25, 0.3) is 0 Å². The molecule has 112 valence electrons. The van der Waals surface area contributed by atoms with Crippen LogP contribution in [0.15, 0.2) is 0 Å². The highest BCUT2D eigenvalue weighted by Gasteiger charge is 2.25. The van der Waals surface area contributed by atoms with Gasteiger partial charge in [0, 0.05) is 24.7 Å². The number of hydrogen-bond acceptors (Lipinski definition) is 3. The summed E-state index contributed by atoms with van der Waals surface area (Å²) in [5.41, 5.74) is 0. The fourth-order valence-corrected chi connectivity index (χ4v) is 3.76. The molecule has 3 heteroatoms. The SMILES string of the molecule is CC(CC1CCCCCN1)NC1CCN(C)CC1C. The Bertz CT molecular complexity index is 248. The van der Waals surface area contributed by atoms with Crippen LogP contribution in [0.4, 0.5) is 0 Å². The maximum Gasteiger partial charge on any atom is 0.0119 e. The summed E-state index contributed by atoms with van der Waals surface area (Å²) in [6, 6.07) is 2.11. The Morgan fingerprint density at radius 3 is 2.89 bits per heavy atom. The molecule has 2 aliphatic rings. The third-order valence-corrected chi connectivity index (χ3v) is 4.91. The smallest absolute Gasteiger partial charge is 0.0119 e. The number of rotatable bonds is 4. The highest BCUT2D eigenvalue weighted by molar-refractivity contribution is 4.85. The van der Waals surface area contributed by atoms with Crippen LogP contribution in [0.5, 0.6) is 0 Å². The molecule has 0 bridgehead atoms. The molecule has 3 nitrogen and oxygen atoms in total. The van der Waals surface area contributed by atoms with E-state index in [9.17, 15) is 0 Å². The highest BCUT2D eigenvalue weighted by atomic mass is 15.1. The Balaban J connectivity index is 1.72. The third-order valence-electron chi connectivity index (χ3n) is 4.91. The van der Waals surface area contributed by atoms with Crippen LogP contribution in [0.1, 0.15) is 52.4 Å². The van der Waals surface area contributed by atoms with Gasteiger partial charge in [-0.2, -0.15) is 0 Å². The second-order valence-electron chi connectivity index (χ2n) is 6.94. The Hall–Kier alpha value is -0.120. The Labute approximate surface area is 119 Å². The van der Waals surface area contributed by atoms with Gasteiger partial charge in [0.2, 0.25) is 0 Å². The number of likely N-dealkylation sites (tertiary alicyclic amines) is 1. The van der Waals surface area contributed by atoms with Crippen LogP contribution in [0, 0.1) is 5.92 Å². The fourth-order valence-electron chi connectivity index (χ4n) is 3.76. The standard InChI is InChI=1S/C16H33N3/c1-13-12-19(3)10-8-16(13)18-14(2)11-15-7-5-4-6-9-17-15/h13-18H,4-12H2,1-3H3. The lowest BCUT2D eigenvalue weighted by Gasteiger charge is -2.37. The molecule has 0 saturated carbocycles. The van der Waals surface area contributed by atoms with Gasteiger partial charge in [-0.25, -0.2) is 0 Å². The van der Waals surface area contributed by atoms with Crippen LogP contribution < -0.4 is 10.6 Å². The Morgan fingerprint density at radius 1 is 1.26 bits per heavy atom. The van der Waals surface area contributed by atoms with E-state index in [4.69, 9.17) is 0 Å². The summed E-state index contributed by atoms with van der Waals surface area (Å²) in [5.74, 6) is 0.781. The van der Waals surface area contributed by atoms with Gasteiger partial charge in [-0.05, 0) is 58.7 Å². The first-order valence-corrected chi connectivity index (χ1v) is 8.33. The molecular formula is C16H33N3. The molecule has 2 saturated heterocycles. The molecule has 19 heavy (non-hydrogen) atoms. The van der Waals surface area contributed by atoms with Gasteiger partial charge in [0.05, 0.1) is 0 Å². The van der Waals surface area contributed by atoms with Crippen molar-refractivity contribution < 1.29 is 0 Å². The summed E-state index contributed by atoms with van der Waals surface area (Å²) in [6.45, 7) is 8.48. The van der Waals surface area contributed by atoms with E-state index in [0.29, 0.717) is 6.04 Å². The van der Waals surface area contributed by atoms with E-state index >= 15 is 0 Å². The van der Waals surface area contributed by atoms with Crippen LogP contribution in [-0.4, -0.2) is 49.7 Å². The molecule has 2 fully saturated rings. The number of nitrogens with zero attached hydrogens (tertiary/aromatic N) is 1. The van der Waals surface area contributed by atoms with Gasteiger partial charge in [0.15, 0.2) is 0 Å². The van der Waals surface area contributed by atoms with E-state index in [-0.39, 0.29) is 0 Å². The van der Waals surface area contributed by atoms with Crippen molar-refractivity contribution >= 4 is 0 Å². The summed E-state index contributed by atoms with van der Waals surface area (Å²) < 4.78 is 0. The van der Waals surface area contributed by atoms with Crippen LogP contribution in [-0.2, 0) is 0 Å². The number of hydrogen-bond donors (Lipinski definition) is 2. The van der Waals surface area contributed by atoms with E-state index in [1.807, 2.05) is 0 Å². The molecule has 0 spiro atoms. The Kier molecular flexibility index (Phi) is 6.11. The van der Waals surface area contributed by atoms with E-state index in [2.05, 4.69) is 36.4 Å². The molecule has 0 aromatic heterocycles. The molecule has 2 heterocycles.